The molecule has 5 heteroatoms. The Bertz CT molecular complexity index is 1240. The molecule has 0 unspecified atom stereocenters. The van der Waals surface area contributed by atoms with Gasteiger partial charge in [0.1, 0.15) is 0 Å². The Morgan fingerprint density at radius 3 is 2.59 bits per heavy atom. The quantitative estimate of drug-likeness (QED) is 0.510. The van der Waals surface area contributed by atoms with Crippen molar-refractivity contribution in [2.75, 3.05) is 11.9 Å². The van der Waals surface area contributed by atoms with Crippen LogP contribution < -0.4 is 4.90 Å². The van der Waals surface area contributed by atoms with Gasteiger partial charge in [0.25, 0.3) is 0 Å². The van der Waals surface area contributed by atoms with Gasteiger partial charge in [-0.05, 0) is 69.0 Å². The van der Waals surface area contributed by atoms with Crippen LogP contribution in [-0.2, 0) is 11.2 Å². The predicted molar refractivity (Wildman–Crippen MR) is 118 cm³/mol. The number of aryl methyl sites for hydroxylation is 3. The maximum absolute atomic E-state index is 12.9. The summed E-state index contributed by atoms with van der Waals surface area (Å²) in [5.41, 5.74) is 8.21. The molecule has 2 aromatic heterocycles. The number of anilines is 1. The standard InChI is InChI=1S/C24H26N4O/c1-15-9-8-12-22(16(15)2)27(5)23(29)14-13-19-17(3)25-24-20-10-6-7-11-21(20)26-28(24)18(19)4/h6-12H,13-14H2,1-5H3. The van der Waals surface area contributed by atoms with Crippen molar-refractivity contribution in [1.29, 1.82) is 0 Å². The third-order valence-corrected chi connectivity index (χ3v) is 5.92. The number of carbonyl (C=O) groups excluding carboxylic acids is 1. The van der Waals surface area contributed by atoms with Gasteiger partial charge in [0.15, 0.2) is 5.65 Å². The zero-order valence-electron chi connectivity index (χ0n) is 17.7. The van der Waals surface area contributed by atoms with Crippen LogP contribution in [0.15, 0.2) is 42.5 Å². The average Bonchev–Trinajstić information content (AvgIpc) is 3.08. The Kier molecular flexibility index (Phi) is 4.82. The number of benzene rings is 2. The van der Waals surface area contributed by atoms with Gasteiger partial charge in [-0.2, -0.15) is 5.10 Å². The molecule has 4 rings (SSSR count). The van der Waals surface area contributed by atoms with Gasteiger partial charge in [0, 0.05) is 35.9 Å². The minimum Gasteiger partial charge on any atom is -0.315 e. The molecular formula is C24H26N4O. The van der Waals surface area contributed by atoms with Crippen LogP contribution in [0.4, 0.5) is 5.69 Å². The number of amides is 1. The first kappa shape index (κ1) is 19.1. The molecule has 0 N–H and O–H groups in total. The summed E-state index contributed by atoms with van der Waals surface area (Å²) in [6.45, 7) is 8.20. The van der Waals surface area contributed by atoms with Crippen molar-refractivity contribution in [3.63, 3.8) is 0 Å². The fraction of sp³-hybridized carbons (Fsp3) is 0.292. The van der Waals surface area contributed by atoms with Gasteiger partial charge >= 0.3 is 0 Å². The van der Waals surface area contributed by atoms with Crippen molar-refractivity contribution in [2.24, 2.45) is 0 Å². The van der Waals surface area contributed by atoms with Crippen LogP contribution in [-0.4, -0.2) is 27.6 Å². The second kappa shape index (κ2) is 7.32. The molecule has 0 aliphatic rings. The lowest BCUT2D eigenvalue weighted by Gasteiger charge is -2.21. The van der Waals surface area contributed by atoms with Crippen LogP contribution in [0.3, 0.4) is 0 Å². The SMILES string of the molecule is Cc1cccc(N(C)C(=O)CCc2c(C)nc3c4ccccc4nn3c2C)c1C. The summed E-state index contributed by atoms with van der Waals surface area (Å²) >= 11 is 0. The van der Waals surface area contributed by atoms with E-state index in [1.54, 1.807) is 4.90 Å². The molecule has 5 nitrogen and oxygen atoms in total. The largest absolute Gasteiger partial charge is 0.315 e. The number of aromatic nitrogens is 3. The summed E-state index contributed by atoms with van der Waals surface area (Å²) in [4.78, 5) is 19.5. The van der Waals surface area contributed by atoms with E-state index in [0.717, 1.165) is 44.8 Å². The summed E-state index contributed by atoms with van der Waals surface area (Å²) in [5, 5.41) is 5.76. The Labute approximate surface area is 171 Å². The second-order valence-corrected chi connectivity index (χ2v) is 7.69. The molecular weight excluding hydrogens is 360 g/mol. The number of nitrogens with zero attached hydrogens (tertiary/aromatic N) is 4. The lowest BCUT2D eigenvalue weighted by Crippen LogP contribution is -2.27. The summed E-state index contributed by atoms with van der Waals surface area (Å²) in [6, 6.07) is 14.1. The van der Waals surface area contributed by atoms with E-state index < -0.39 is 0 Å². The lowest BCUT2D eigenvalue weighted by molar-refractivity contribution is -0.118. The molecule has 0 radical (unpaired) electrons. The van der Waals surface area contributed by atoms with Crippen molar-refractivity contribution in [2.45, 2.75) is 40.5 Å². The molecule has 4 aromatic rings. The molecule has 0 aliphatic carbocycles. The smallest absolute Gasteiger partial charge is 0.227 e. The van der Waals surface area contributed by atoms with Crippen molar-refractivity contribution >= 4 is 28.1 Å². The Hall–Kier alpha value is -3.21. The Morgan fingerprint density at radius 2 is 1.79 bits per heavy atom. The van der Waals surface area contributed by atoms with E-state index in [0.29, 0.717) is 12.8 Å². The molecule has 2 heterocycles. The van der Waals surface area contributed by atoms with Crippen LogP contribution in [0, 0.1) is 27.7 Å². The fourth-order valence-corrected chi connectivity index (χ4v) is 3.97. The van der Waals surface area contributed by atoms with Crippen LogP contribution in [0.1, 0.15) is 34.5 Å². The van der Waals surface area contributed by atoms with Crippen LogP contribution in [0.2, 0.25) is 0 Å². The van der Waals surface area contributed by atoms with Gasteiger partial charge in [0.2, 0.25) is 5.91 Å². The van der Waals surface area contributed by atoms with Crippen molar-refractivity contribution in [3.8, 4) is 0 Å². The third-order valence-electron chi connectivity index (χ3n) is 5.92. The molecule has 0 bridgehead atoms. The zero-order chi connectivity index (χ0) is 20.7. The minimum atomic E-state index is 0.100. The van der Waals surface area contributed by atoms with Crippen molar-refractivity contribution < 1.29 is 4.79 Å². The van der Waals surface area contributed by atoms with Gasteiger partial charge in [-0.25, -0.2) is 9.50 Å². The predicted octanol–water partition coefficient (Wildman–Crippen LogP) is 4.71. The van der Waals surface area contributed by atoms with E-state index in [9.17, 15) is 4.79 Å². The number of carbonyl (C=O) groups is 1. The molecule has 29 heavy (non-hydrogen) atoms. The zero-order valence-corrected chi connectivity index (χ0v) is 17.7. The van der Waals surface area contributed by atoms with Gasteiger partial charge in [-0.1, -0.05) is 24.3 Å². The number of fused-ring (bicyclic) bond motifs is 3. The number of hydrogen-bond donors (Lipinski definition) is 0. The summed E-state index contributed by atoms with van der Waals surface area (Å²) < 4.78 is 1.91. The molecule has 148 valence electrons. The van der Waals surface area contributed by atoms with Gasteiger partial charge in [-0.3, -0.25) is 4.79 Å². The van der Waals surface area contributed by atoms with E-state index in [1.807, 2.05) is 54.9 Å². The fourth-order valence-electron chi connectivity index (χ4n) is 3.97. The average molecular weight is 386 g/mol. The molecule has 0 saturated heterocycles. The Balaban J connectivity index is 1.62. The number of rotatable bonds is 4. The topological polar surface area (TPSA) is 50.5 Å². The van der Waals surface area contributed by atoms with Crippen molar-refractivity contribution in [1.82, 2.24) is 14.6 Å². The summed E-state index contributed by atoms with van der Waals surface area (Å²) in [6.07, 6.45) is 1.07. The van der Waals surface area contributed by atoms with Crippen LogP contribution >= 0.6 is 0 Å². The third kappa shape index (κ3) is 3.27. The second-order valence-electron chi connectivity index (χ2n) is 7.69. The van der Waals surface area contributed by atoms with Gasteiger partial charge in [0.05, 0.1) is 5.52 Å². The molecule has 0 atom stereocenters. The van der Waals surface area contributed by atoms with Gasteiger partial charge in [-0.15, -0.1) is 0 Å². The van der Waals surface area contributed by atoms with Crippen LogP contribution in [0.5, 0.6) is 0 Å². The van der Waals surface area contributed by atoms with E-state index >= 15 is 0 Å². The highest BCUT2D eigenvalue weighted by Crippen LogP contribution is 2.25. The molecule has 0 saturated carbocycles. The monoisotopic (exact) mass is 386 g/mol. The first-order valence-electron chi connectivity index (χ1n) is 9.95. The maximum Gasteiger partial charge on any atom is 0.227 e. The van der Waals surface area contributed by atoms with Crippen LogP contribution in [0.25, 0.3) is 16.6 Å². The van der Waals surface area contributed by atoms with E-state index in [4.69, 9.17) is 10.1 Å². The molecule has 0 spiro atoms. The van der Waals surface area contributed by atoms with Gasteiger partial charge < -0.3 is 4.90 Å². The van der Waals surface area contributed by atoms with Crippen molar-refractivity contribution in [3.05, 3.63) is 70.5 Å². The molecule has 2 aromatic carbocycles. The lowest BCUT2D eigenvalue weighted by atomic mass is 10.0. The Morgan fingerprint density at radius 1 is 1.03 bits per heavy atom. The summed E-state index contributed by atoms with van der Waals surface area (Å²) in [7, 11) is 1.85. The molecule has 0 aliphatic heterocycles. The highest BCUT2D eigenvalue weighted by molar-refractivity contribution is 5.94. The molecule has 0 fully saturated rings. The minimum absolute atomic E-state index is 0.100. The highest BCUT2D eigenvalue weighted by Gasteiger charge is 2.17. The van der Waals surface area contributed by atoms with E-state index in [-0.39, 0.29) is 5.91 Å². The van der Waals surface area contributed by atoms with E-state index in [1.165, 1.54) is 5.56 Å². The number of hydrogen-bond acceptors (Lipinski definition) is 3. The highest BCUT2D eigenvalue weighted by atomic mass is 16.2. The summed E-state index contributed by atoms with van der Waals surface area (Å²) in [5.74, 6) is 0.100. The van der Waals surface area contributed by atoms with E-state index in [2.05, 4.69) is 26.8 Å². The maximum atomic E-state index is 12.9. The molecule has 1 amide bonds. The normalized spacial score (nSPS) is 11.3. The first-order chi connectivity index (χ1) is 13.9. The first-order valence-corrected chi connectivity index (χ1v) is 9.95.